The lowest BCUT2D eigenvalue weighted by atomic mass is 10.2. The Balaban J connectivity index is 2.01. The summed E-state index contributed by atoms with van der Waals surface area (Å²) in [7, 11) is 1.35. The summed E-state index contributed by atoms with van der Waals surface area (Å²) >= 11 is 1.22. The van der Waals surface area contributed by atoms with E-state index < -0.39 is 0 Å². The van der Waals surface area contributed by atoms with Crippen molar-refractivity contribution in [3.8, 4) is 22.8 Å². The third kappa shape index (κ3) is 3.94. The van der Waals surface area contributed by atoms with E-state index in [-0.39, 0.29) is 11.7 Å². The summed E-state index contributed by atoms with van der Waals surface area (Å²) in [5.74, 6) is -0.185. The van der Waals surface area contributed by atoms with Crippen LogP contribution in [0, 0.1) is 0 Å². The number of nitrogens with zero attached hydrogens (tertiary/aromatic N) is 4. The lowest BCUT2D eigenvalue weighted by Crippen LogP contribution is -2.04. The van der Waals surface area contributed by atoms with Crippen molar-refractivity contribution >= 4 is 17.7 Å². The van der Waals surface area contributed by atoms with Gasteiger partial charge in [0.1, 0.15) is 0 Å². The maximum atomic E-state index is 11.4. The highest BCUT2D eigenvalue weighted by molar-refractivity contribution is 7.99. The minimum absolute atomic E-state index is 0.143. The molecule has 6 nitrogen and oxygen atoms in total. The summed E-state index contributed by atoms with van der Waals surface area (Å²) in [6.07, 6.45) is 3.41. The zero-order valence-electron chi connectivity index (χ0n) is 12.9. The van der Waals surface area contributed by atoms with Gasteiger partial charge in [0, 0.05) is 12.4 Å². The van der Waals surface area contributed by atoms with Crippen molar-refractivity contribution in [3.63, 3.8) is 0 Å². The molecule has 0 aliphatic heterocycles. The molecule has 120 valence electrons. The van der Waals surface area contributed by atoms with Crippen LogP contribution in [0.2, 0.25) is 0 Å². The predicted molar refractivity (Wildman–Crippen MR) is 91.2 cm³/mol. The Morgan fingerprint density at radius 1 is 0.958 bits per heavy atom. The van der Waals surface area contributed by atoms with Gasteiger partial charge in [-0.1, -0.05) is 23.9 Å². The average Bonchev–Trinajstić information content (AvgIpc) is 2.67. The van der Waals surface area contributed by atoms with Gasteiger partial charge in [-0.2, -0.15) is 0 Å². The Bertz CT molecular complexity index is 771. The zero-order chi connectivity index (χ0) is 16.8. The first kappa shape index (κ1) is 16.1. The van der Waals surface area contributed by atoms with Gasteiger partial charge in [-0.15, -0.1) is 0 Å². The zero-order valence-corrected chi connectivity index (χ0v) is 13.7. The molecule has 3 rings (SSSR count). The summed E-state index contributed by atoms with van der Waals surface area (Å²) in [6.45, 7) is 0. The van der Waals surface area contributed by atoms with Crippen molar-refractivity contribution < 1.29 is 9.53 Å². The predicted octanol–water partition coefficient (Wildman–Crippen LogP) is 2.87. The van der Waals surface area contributed by atoms with Gasteiger partial charge in [-0.25, -0.2) is 9.97 Å². The van der Waals surface area contributed by atoms with Crippen molar-refractivity contribution in [2.45, 2.75) is 5.16 Å². The number of methoxy groups -OCH3 is 1. The van der Waals surface area contributed by atoms with E-state index in [1.807, 2.05) is 42.5 Å². The van der Waals surface area contributed by atoms with Crippen molar-refractivity contribution in [3.05, 3.63) is 54.9 Å². The Kier molecular flexibility index (Phi) is 5.12. The summed E-state index contributed by atoms with van der Waals surface area (Å²) in [5, 5.41) is 0.476. The molecule has 3 aromatic rings. The molecule has 0 radical (unpaired) electrons. The lowest BCUT2D eigenvalue weighted by molar-refractivity contribution is -0.137. The van der Waals surface area contributed by atoms with Crippen LogP contribution in [0.3, 0.4) is 0 Å². The minimum atomic E-state index is -0.328. The van der Waals surface area contributed by atoms with Gasteiger partial charge >= 0.3 is 5.97 Å². The van der Waals surface area contributed by atoms with E-state index in [0.29, 0.717) is 16.5 Å². The van der Waals surface area contributed by atoms with Crippen molar-refractivity contribution in [1.82, 2.24) is 19.9 Å². The second kappa shape index (κ2) is 7.65. The number of pyridine rings is 2. The maximum Gasteiger partial charge on any atom is 0.316 e. The van der Waals surface area contributed by atoms with E-state index in [1.54, 1.807) is 12.4 Å². The molecule has 0 saturated carbocycles. The molecule has 0 saturated heterocycles. The van der Waals surface area contributed by atoms with Gasteiger partial charge in [-0.05, 0) is 30.3 Å². The van der Waals surface area contributed by atoms with E-state index >= 15 is 0 Å². The van der Waals surface area contributed by atoms with Crippen molar-refractivity contribution in [1.29, 1.82) is 0 Å². The number of thioether (sulfide) groups is 1. The molecule has 0 atom stereocenters. The molecule has 3 heterocycles. The number of hydrogen-bond donors (Lipinski definition) is 0. The molecule has 0 unspecified atom stereocenters. The molecule has 0 N–H and O–H groups in total. The first-order chi connectivity index (χ1) is 11.8. The van der Waals surface area contributed by atoms with Crippen LogP contribution in [0.5, 0.6) is 0 Å². The summed E-state index contributed by atoms with van der Waals surface area (Å²) in [5.41, 5.74) is 2.83. The Morgan fingerprint density at radius 2 is 1.54 bits per heavy atom. The minimum Gasteiger partial charge on any atom is -0.468 e. The number of carbonyl (C=O) groups is 1. The first-order valence-corrected chi connectivity index (χ1v) is 8.16. The second-order valence-corrected chi connectivity index (χ2v) is 5.66. The quantitative estimate of drug-likeness (QED) is 0.402. The fourth-order valence-corrected chi connectivity index (χ4v) is 2.65. The van der Waals surface area contributed by atoms with Gasteiger partial charge in [0.2, 0.25) is 0 Å². The van der Waals surface area contributed by atoms with Gasteiger partial charge in [0.25, 0.3) is 0 Å². The number of aromatic nitrogens is 4. The highest BCUT2D eigenvalue weighted by Crippen LogP contribution is 2.24. The molecule has 0 amide bonds. The van der Waals surface area contributed by atoms with Crippen molar-refractivity contribution in [2.75, 3.05) is 12.9 Å². The van der Waals surface area contributed by atoms with E-state index in [4.69, 9.17) is 0 Å². The van der Waals surface area contributed by atoms with Crippen LogP contribution < -0.4 is 0 Å². The van der Waals surface area contributed by atoms with Crippen LogP contribution in [-0.4, -0.2) is 38.8 Å². The Labute approximate surface area is 143 Å². The summed E-state index contributed by atoms with van der Waals surface area (Å²) in [6, 6.07) is 13.1. The number of ether oxygens (including phenoxy) is 1. The fraction of sp³-hybridized carbons (Fsp3) is 0.118. The van der Waals surface area contributed by atoms with E-state index in [9.17, 15) is 4.79 Å². The van der Waals surface area contributed by atoms with E-state index in [2.05, 4.69) is 24.7 Å². The standard InChI is InChI=1S/C17H14N4O2S/c1-23-16(22)11-24-17-20-14(12-6-2-4-8-18-12)10-15(21-17)13-7-3-5-9-19-13/h2-10H,11H2,1H3. The van der Waals surface area contributed by atoms with Gasteiger partial charge in [0.15, 0.2) is 5.16 Å². The highest BCUT2D eigenvalue weighted by atomic mass is 32.2. The highest BCUT2D eigenvalue weighted by Gasteiger charge is 2.12. The SMILES string of the molecule is COC(=O)CSc1nc(-c2ccccn2)cc(-c2ccccn2)n1. The number of esters is 1. The molecule has 0 bridgehead atoms. The lowest BCUT2D eigenvalue weighted by Gasteiger charge is -2.07. The first-order valence-electron chi connectivity index (χ1n) is 7.18. The molecule has 0 fully saturated rings. The van der Waals surface area contributed by atoms with E-state index in [1.165, 1.54) is 18.9 Å². The Morgan fingerprint density at radius 3 is 2.00 bits per heavy atom. The molecule has 0 spiro atoms. The van der Waals surface area contributed by atoms with Gasteiger partial charge in [-0.3, -0.25) is 14.8 Å². The molecule has 0 aliphatic carbocycles. The van der Waals surface area contributed by atoms with Crippen LogP contribution >= 0.6 is 11.8 Å². The van der Waals surface area contributed by atoms with Crippen LogP contribution in [0.4, 0.5) is 0 Å². The fourth-order valence-electron chi connectivity index (χ4n) is 1.96. The topological polar surface area (TPSA) is 77.9 Å². The monoisotopic (exact) mass is 338 g/mol. The number of hydrogen-bond acceptors (Lipinski definition) is 7. The van der Waals surface area contributed by atoms with Crippen LogP contribution in [0.25, 0.3) is 22.8 Å². The normalized spacial score (nSPS) is 10.4. The van der Waals surface area contributed by atoms with Gasteiger partial charge < -0.3 is 4.74 Å². The molecule has 0 aromatic carbocycles. The molecule has 7 heteroatoms. The largest absolute Gasteiger partial charge is 0.468 e. The van der Waals surface area contributed by atoms with Gasteiger partial charge in [0.05, 0.1) is 35.6 Å². The van der Waals surface area contributed by atoms with Crippen LogP contribution in [0.1, 0.15) is 0 Å². The number of rotatable bonds is 5. The van der Waals surface area contributed by atoms with Crippen LogP contribution in [0.15, 0.2) is 60.0 Å². The third-order valence-electron chi connectivity index (χ3n) is 3.11. The number of carbonyl (C=O) groups excluding carboxylic acids is 1. The molecule has 3 aromatic heterocycles. The second-order valence-electron chi connectivity index (χ2n) is 4.72. The molecular weight excluding hydrogens is 324 g/mol. The third-order valence-corrected chi connectivity index (χ3v) is 3.93. The summed E-state index contributed by atoms with van der Waals surface area (Å²) < 4.78 is 4.66. The molecule has 24 heavy (non-hydrogen) atoms. The van der Waals surface area contributed by atoms with Crippen molar-refractivity contribution in [2.24, 2.45) is 0 Å². The Hall–Kier alpha value is -2.80. The molecule has 0 aliphatic rings. The van der Waals surface area contributed by atoms with Crippen LogP contribution in [-0.2, 0) is 9.53 Å². The smallest absolute Gasteiger partial charge is 0.316 e. The maximum absolute atomic E-state index is 11.4. The molecular formula is C17H14N4O2S. The summed E-state index contributed by atoms with van der Waals surface area (Å²) in [4.78, 5) is 29.0. The average molecular weight is 338 g/mol. The van der Waals surface area contributed by atoms with E-state index in [0.717, 1.165) is 11.4 Å².